The van der Waals surface area contributed by atoms with E-state index in [0.29, 0.717) is 17.1 Å². The molecule has 0 saturated heterocycles. The second-order valence-corrected chi connectivity index (χ2v) is 4.92. The first kappa shape index (κ1) is 16.0. The van der Waals surface area contributed by atoms with E-state index in [1.165, 1.54) is 6.20 Å². The van der Waals surface area contributed by atoms with Crippen LogP contribution in [0.25, 0.3) is 0 Å². The summed E-state index contributed by atoms with van der Waals surface area (Å²) >= 11 is 11.7. The van der Waals surface area contributed by atoms with E-state index >= 15 is 0 Å². The molecule has 6 nitrogen and oxygen atoms in total. The number of carbonyl (C=O) groups is 1. The van der Waals surface area contributed by atoms with Gasteiger partial charge in [-0.3, -0.25) is 4.79 Å². The smallest absolute Gasteiger partial charge is 0.253 e. The van der Waals surface area contributed by atoms with Crippen molar-refractivity contribution < 1.29 is 4.79 Å². The zero-order chi connectivity index (χ0) is 15.9. The average Bonchev–Trinajstić information content (AvgIpc) is 2.51. The number of nitrogens with zero attached hydrogens (tertiary/aromatic N) is 3. The Balaban J connectivity index is 2.23. The number of aromatic nitrogens is 2. The van der Waals surface area contributed by atoms with Gasteiger partial charge in [-0.1, -0.05) is 23.7 Å². The van der Waals surface area contributed by atoms with Gasteiger partial charge in [0.05, 0.1) is 29.9 Å². The van der Waals surface area contributed by atoms with E-state index < -0.39 is 0 Å². The van der Waals surface area contributed by atoms with Crippen LogP contribution in [-0.2, 0) is 0 Å². The van der Waals surface area contributed by atoms with Crippen LogP contribution < -0.4 is 10.6 Å². The third kappa shape index (κ3) is 4.07. The molecule has 0 unspecified atom stereocenters. The second-order valence-electron chi connectivity index (χ2n) is 4.17. The number of benzene rings is 1. The summed E-state index contributed by atoms with van der Waals surface area (Å²) in [4.78, 5) is 19.9. The van der Waals surface area contributed by atoms with E-state index in [1.54, 1.807) is 24.3 Å². The molecular weight excluding hydrogens is 325 g/mol. The summed E-state index contributed by atoms with van der Waals surface area (Å²) in [5.74, 6) is 0.00793. The normalized spacial score (nSPS) is 9.86. The van der Waals surface area contributed by atoms with Crippen LogP contribution in [0.2, 0.25) is 10.3 Å². The maximum atomic E-state index is 12.1. The Morgan fingerprint density at radius 1 is 1.32 bits per heavy atom. The van der Waals surface area contributed by atoms with Crippen molar-refractivity contribution in [3.63, 3.8) is 0 Å². The minimum atomic E-state index is -0.297. The van der Waals surface area contributed by atoms with Gasteiger partial charge in [-0.25, -0.2) is 4.98 Å². The quantitative estimate of drug-likeness (QED) is 0.646. The topological polar surface area (TPSA) is 90.7 Å². The molecule has 2 rings (SSSR count). The maximum absolute atomic E-state index is 12.1. The molecule has 1 aromatic carbocycles. The number of amides is 1. The van der Waals surface area contributed by atoms with Gasteiger partial charge in [-0.2, -0.15) is 10.2 Å². The molecule has 0 saturated carbocycles. The van der Waals surface area contributed by atoms with Crippen molar-refractivity contribution in [1.29, 1.82) is 5.26 Å². The Kier molecular flexibility index (Phi) is 5.53. The number of para-hydroxylation sites is 1. The van der Waals surface area contributed by atoms with Gasteiger partial charge >= 0.3 is 0 Å². The summed E-state index contributed by atoms with van der Waals surface area (Å²) in [5, 5.41) is 14.4. The largest absolute Gasteiger partial charge is 0.351 e. The summed E-state index contributed by atoms with van der Waals surface area (Å²) < 4.78 is 0. The standard InChI is InChI=1S/C14H11Cl2N5O/c15-10-8-19-14(16)21-12(10)20-11-5-2-1-4-9(11)13(22)18-7-3-6-17/h1-2,4-5,8H,3,7H2,(H,18,22)(H,19,20,21). The van der Waals surface area contributed by atoms with Crippen LogP contribution >= 0.6 is 23.2 Å². The molecule has 2 N–H and O–H groups in total. The molecule has 1 aromatic heterocycles. The van der Waals surface area contributed by atoms with Crippen LogP contribution in [0.5, 0.6) is 0 Å². The SMILES string of the molecule is N#CCCNC(=O)c1ccccc1Nc1nc(Cl)ncc1Cl. The van der Waals surface area contributed by atoms with Crippen LogP contribution in [0.4, 0.5) is 11.5 Å². The molecule has 0 aliphatic rings. The fourth-order valence-corrected chi connectivity index (χ4v) is 1.95. The Morgan fingerprint density at radius 3 is 2.86 bits per heavy atom. The molecule has 2 aromatic rings. The first-order chi connectivity index (χ1) is 10.6. The molecule has 1 heterocycles. The first-order valence-electron chi connectivity index (χ1n) is 6.31. The van der Waals surface area contributed by atoms with Crippen molar-refractivity contribution in [1.82, 2.24) is 15.3 Å². The third-order valence-electron chi connectivity index (χ3n) is 2.66. The zero-order valence-corrected chi connectivity index (χ0v) is 12.8. The highest BCUT2D eigenvalue weighted by Crippen LogP contribution is 2.25. The Labute approximate surface area is 137 Å². The van der Waals surface area contributed by atoms with Crippen LogP contribution in [0.15, 0.2) is 30.5 Å². The number of hydrogen-bond donors (Lipinski definition) is 2. The van der Waals surface area contributed by atoms with E-state index in [9.17, 15) is 4.79 Å². The molecule has 112 valence electrons. The number of anilines is 2. The molecule has 0 aliphatic carbocycles. The van der Waals surface area contributed by atoms with Gasteiger partial charge in [-0.05, 0) is 23.7 Å². The lowest BCUT2D eigenvalue weighted by Gasteiger charge is -2.12. The molecule has 0 bridgehead atoms. The van der Waals surface area contributed by atoms with E-state index in [-0.39, 0.29) is 29.2 Å². The Bertz CT molecular complexity index is 729. The molecule has 0 atom stereocenters. The molecule has 22 heavy (non-hydrogen) atoms. The van der Waals surface area contributed by atoms with Gasteiger partial charge in [0.15, 0.2) is 5.82 Å². The Hall–Kier alpha value is -2.36. The molecule has 0 fully saturated rings. The zero-order valence-electron chi connectivity index (χ0n) is 11.3. The van der Waals surface area contributed by atoms with Gasteiger partial charge in [0.25, 0.3) is 5.91 Å². The van der Waals surface area contributed by atoms with E-state index in [0.717, 1.165) is 0 Å². The predicted octanol–water partition coefficient (Wildman–Crippen LogP) is 3.17. The molecular formula is C14H11Cl2N5O. The minimum Gasteiger partial charge on any atom is -0.351 e. The number of rotatable bonds is 5. The van der Waals surface area contributed by atoms with Crippen molar-refractivity contribution in [2.24, 2.45) is 0 Å². The monoisotopic (exact) mass is 335 g/mol. The van der Waals surface area contributed by atoms with Crippen molar-refractivity contribution in [2.75, 3.05) is 11.9 Å². The van der Waals surface area contributed by atoms with Crippen molar-refractivity contribution in [2.45, 2.75) is 6.42 Å². The number of nitriles is 1. The molecule has 0 radical (unpaired) electrons. The van der Waals surface area contributed by atoms with Crippen LogP contribution in [0, 0.1) is 11.3 Å². The van der Waals surface area contributed by atoms with Crippen LogP contribution in [-0.4, -0.2) is 22.4 Å². The molecule has 0 spiro atoms. The highest BCUT2D eigenvalue weighted by atomic mass is 35.5. The van der Waals surface area contributed by atoms with Gasteiger partial charge in [0, 0.05) is 6.54 Å². The summed E-state index contributed by atoms with van der Waals surface area (Å²) in [7, 11) is 0. The number of carbonyl (C=O) groups excluding carboxylic acids is 1. The van der Waals surface area contributed by atoms with Crippen molar-refractivity contribution >= 4 is 40.6 Å². The first-order valence-corrected chi connectivity index (χ1v) is 7.06. The summed E-state index contributed by atoms with van der Waals surface area (Å²) in [6.07, 6.45) is 1.61. The fourth-order valence-electron chi connectivity index (χ4n) is 1.68. The minimum absolute atomic E-state index is 0.0443. The van der Waals surface area contributed by atoms with Gasteiger partial charge < -0.3 is 10.6 Å². The van der Waals surface area contributed by atoms with E-state index in [1.807, 2.05) is 6.07 Å². The number of hydrogen-bond acceptors (Lipinski definition) is 5. The van der Waals surface area contributed by atoms with E-state index in [4.69, 9.17) is 28.5 Å². The molecule has 8 heteroatoms. The van der Waals surface area contributed by atoms with Gasteiger partial charge in [0.1, 0.15) is 5.02 Å². The van der Waals surface area contributed by atoms with Crippen LogP contribution in [0.3, 0.4) is 0 Å². The Morgan fingerprint density at radius 2 is 2.09 bits per heavy atom. The fraction of sp³-hybridized carbons (Fsp3) is 0.143. The highest BCUT2D eigenvalue weighted by Gasteiger charge is 2.12. The number of halogens is 2. The molecule has 0 aliphatic heterocycles. The maximum Gasteiger partial charge on any atom is 0.253 e. The lowest BCUT2D eigenvalue weighted by molar-refractivity contribution is 0.0955. The van der Waals surface area contributed by atoms with E-state index in [2.05, 4.69) is 20.6 Å². The van der Waals surface area contributed by atoms with Gasteiger partial charge in [0.2, 0.25) is 5.28 Å². The number of nitrogens with one attached hydrogen (secondary N) is 2. The lowest BCUT2D eigenvalue weighted by atomic mass is 10.1. The predicted molar refractivity (Wildman–Crippen MR) is 84.3 cm³/mol. The second kappa shape index (κ2) is 7.59. The highest BCUT2D eigenvalue weighted by molar-refractivity contribution is 6.33. The summed E-state index contributed by atoms with van der Waals surface area (Å²) in [6.45, 7) is 0.282. The summed E-state index contributed by atoms with van der Waals surface area (Å²) in [6, 6.07) is 8.83. The van der Waals surface area contributed by atoms with Crippen molar-refractivity contribution in [3.05, 3.63) is 46.3 Å². The van der Waals surface area contributed by atoms with Crippen LogP contribution in [0.1, 0.15) is 16.8 Å². The summed E-state index contributed by atoms with van der Waals surface area (Å²) in [5.41, 5.74) is 0.930. The third-order valence-corrected chi connectivity index (χ3v) is 3.12. The van der Waals surface area contributed by atoms with Gasteiger partial charge in [-0.15, -0.1) is 0 Å². The average molecular weight is 336 g/mol. The van der Waals surface area contributed by atoms with Crippen molar-refractivity contribution in [3.8, 4) is 6.07 Å². The molecule has 1 amide bonds. The lowest BCUT2D eigenvalue weighted by Crippen LogP contribution is -2.25.